The Morgan fingerprint density at radius 3 is 3.04 bits per heavy atom. The highest BCUT2D eigenvalue weighted by atomic mass is 32.2. The molecule has 0 aliphatic rings. The summed E-state index contributed by atoms with van der Waals surface area (Å²) in [5.41, 5.74) is 1.10. The molecule has 0 radical (unpaired) electrons. The molecule has 0 aliphatic carbocycles. The molecule has 0 bridgehead atoms. The van der Waals surface area contributed by atoms with E-state index >= 15 is 0 Å². The van der Waals surface area contributed by atoms with Crippen LogP contribution in [0.15, 0.2) is 22.7 Å². The predicted molar refractivity (Wildman–Crippen MR) is 87.1 cm³/mol. The van der Waals surface area contributed by atoms with Crippen LogP contribution in [-0.2, 0) is 4.79 Å². The molecule has 1 N–H and O–H groups in total. The normalized spacial score (nSPS) is 11.7. The van der Waals surface area contributed by atoms with E-state index in [2.05, 4.69) is 21.4 Å². The molecule has 120 valence electrons. The van der Waals surface area contributed by atoms with Gasteiger partial charge < -0.3 is 9.84 Å². The third-order valence-electron chi connectivity index (χ3n) is 3.07. The highest BCUT2D eigenvalue weighted by Crippen LogP contribution is 2.28. The van der Waals surface area contributed by atoms with Gasteiger partial charge in [-0.25, -0.2) is 4.39 Å². The summed E-state index contributed by atoms with van der Waals surface area (Å²) in [6.07, 6.45) is 5.07. The van der Waals surface area contributed by atoms with Crippen LogP contribution in [0.2, 0.25) is 0 Å². The van der Waals surface area contributed by atoms with Gasteiger partial charge >= 0.3 is 0 Å². The second-order valence-corrected chi connectivity index (χ2v) is 6.18. The number of nitrogens with one attached hydrogen (secondary N) is 1. The highest BCUT2D eigenvalue weighted by Gasteiger charge is 2.17. The number of carbonyl (C=O) groups excluding carboxylic acids is 1. The largest absolute Gasteiger partial charge is 0.344 e. The van der Waals surface area contributed by atoms with Gasteiger partial charge in [-0.05, 0) is 25.5 Å². The van der Waals surface area contributed by atoms with E-state index in [0.717, 1.165) is 0 Å². The maximum Gasteiger partial charge on any atom is 0.239 e. The third kappa shape index (κ3) is 4.57. The number of nitrogens with zero attached hydrogens (tertiary/aromatic N) is 2. The van der Waals surface area contributed by atoms with E-state index in [9.17, 15) is 9.18 Å². The molecule has 0 aliphatic heterocycles. The number of benzene rings is 1. The smallest absolute Gasteiger partial charge is 0.239 e. The number of amides is 1. The molecular weight excluding hydrogens is 317 g/mol. The molecular formula is C16H16FN3O2S. The zero-order chi connectivity index (χ0) is 16.8. The fourth-order valence-corrected chi connectivity index (χ4v) is 2.46. The zero-order valence-electron chi connectivity index (χ0n) is 12.8. The third-order valence-corrected chi connectivity index (χ3v) is 4.20. The van der Waals surface area contributed by atoms with Crippen molar-refractivity contribution < 1.29 is 13.7 Å². The van der Waals surface area contributed by atoms with Gasteiger partial charge in [0.2, 0.25) is 17.6 Å². The Morgan fingerprint density at radius 1 is 1.57 bits per heavy atom. The standard InChI is InChI=1S/C16H16FN3O2S/c1-4-7-18-14(21)9-23-11(3)16-19-15(20-22-16)12-6-5-10(2)13(17)8-12/h1,5-6,8,11H,7,9H2,2-3H3,(H,18,21)/t11-/m1/s1. The Labute approximate surface area is 138 Å². The van der Waals surface area contributed by atoms with E-state index in [1.54, 1.807) is 19.1 Å². The van der Waals surface area contributed by atoms with Crippen molar-refractivity contribution in [3.8, 4) is 23.7 Å². The number of aromatic nitrogens is 2. The maximum atomic E-state index is 13.6. The molecule has 1 aromatic heterocycles. The lowest BCUT2D eigenvalue weighted by Crippen LogP contribution is -2.25. The van der Waals surface area contributed by atoms with Crippen molar-refractivity contribution in [2.24, 2.45) is 0 Å². The number of terminal acetylenes is 1. The van der Waals surface area contributed by atoms with Crippen molar-refractivity contribution in [3.05, 3.63) is 35.5 Å². The molecule has 0 saturated heterocycles. The van der Waals surface area contributed by atoms with Gasteiger partial charge in [-0.2, -0.15) is 4.98 Å². The van der Waals surface area contributed by atoms with Gasteiger partial charge in [0.25, 0.3) is 0 Å². The molecule has 7 heteroatoms. The van der Waals surface area contributed by atoms with Crippen LogP contribution in [0.1, 0.15) is 23.6 Å². The van der Waals surface area contributed by atoms with Crippen molar-refractivity contribution in [3.63, 3.8) is 0 Å². The average Bonchev–Trinajstić information content (AvgIpc) is 3.03. The van der Waals surface area contributed by atoms with Crippen LogP contribution in [0, 0.1) is 25.1 Å². The maximum absolute atomic E-state index is 13.6. The number of aryl methyl sites for hydroxylation is 1. The summed E-state index contributed by atoms with van der Waals surface area (Å²) in [7, 11) is 0. The second kappa shape index (κ2) is 7.79. The second-order valence-electron chi connectivity index (χ2n) is 4.85. The van der Waals surface area contributed by atoms with E-state index in [4.69, 9.17) is 10.9 Å². The number of thioether (sulfide) groups is 1. The molecule has 5 nitrogen and oxygen atoms in total. The molecule has 23 heavy (non-hydrogen) atoms. The van der Waals surface area contributed by atoms with Crippen LogP contribution in [-0.4, -0.2) is 28.3 Å². The predicted octanol–water partition coefficient (Wildman–Crippen LogP) is 2.73. The Morgan fingerprint density at radius 2 is 2.35 bits per heavy atom. The quantitative estimate of drug-likeness (QED) is 0.823. The zero-order valence-corrected chi connectivity index (χ0v) is 13.6. The Kier molecular flexibility index (Phi) is 5.77. The SMILES string of the molecule is C#CCNC(=O)CS[C@H](C)c1nc(-c2ccc(C)c(F)c2)no1. The highest BCUT2D eigenvalue weighted by molar-refractivity contribution is 8.00. The van der Waals surface area contributed by atoms with Crippen molar-refractivity contribution in [2.75, 3.05) is 12.3 Å². The molecule has 0 spiro atoms. The van der Waals surface area contributed by atoms with E-state index in [-0.39, 0.29) is 29.3 Å². The van der Waals surface area contributed by atoms with Crippen molar-refractivity contribution >= 4 is 17.7 Å². The summed E-state index contributed by atoms with van der Waals surface area (Å²) in [6.45, 7) is 3.74. The van der Waals surface area contributed by atoms with Crippen molar-refractivity contribution in [2.45, 2.75) is 19.1 Å². The van der Waals surface area contributed by atoms with Gasteiger partial charge in [-0.1, -0.05) is 23.2 Å². The fraction of sp³-hybridized carbons (Fsp3) is 0.312. The number of hydrogen-bond donors (Lipinski definition) is 1. The molecule has 2 rings (SSSR count). The first-order valence-electron chi connectivity index (χ1n) is 6.93. The van der Waals surface area contributed by atoms with E-state index in [1.807, 2.05) is 6.92 Å². The summed E-state index contributed by atoms with van der Waals surface area (Å²) in [5, 5.41) is 6.28. The average molecular weight is 333 g/mol. The fourth-order valence-electron chi connectivity index (χ4n) is 1.72. The van der Waals surface area contributed by atoms with Gasteiger partial charge in [0.1, 0.15) is 5.82 Å². The summed E-state index contributed by atoms with van der Waals surface area (Å²) in [4.78, 5) is 15.8. The monoisotopic (exact) mass is 333 g/mol. The minimum Gasteiger partial charge on any atom is -0.344 e. The number of rotatable bonds is 6. The van der Waals surface area contributed by atoms with Crippen molar-refractivity contribution in [1.82, 2.24) is 15.5 Å². The van der Waals surface area contributed by atoms with Crippen LogP contribution in [0.5, 0.6) is 0 Å². The lowest BCUT2D eigenvalue weighted by molar-refractivity contribution is -0.118. The van der Waals surface area contributed by atoms with Crippen LogP contribution in [0.4, 0.5) is 4.39 Å². The van der Waals surface area contributed by atoms with Gasteiger partial charge in [0.05, 0.1) is 17.5 Å². The Bertz CT molecular complexity index is 739. The summed E-state index contributed by atoms with van der Waals surface area (Å²) in [5.74, 6) is 2.81. The van der Waals surface area contributed by atoms with Gasteiger partial charge in [-0.3, -0.25) is 4.79 Å². The van der Waals surface area contributed by atoms with Gasteiger partial charge in [0.15, 0.2) is 0 Å². The first-order valence-corrected chi connectivity index (χ1v) is 7.98. The number of carbonyl (C=O) groups is 1. The van der Waals surface area contributed by atoms with E-state index in [1.165, 1.54) is 17.8 Å². The molecule has 1 amide bonds. The minimum absolute atomic E-state index is 0.153. The lowest BCUT2D eigenvalue weighted by Gasteiger charge is -2.05. The Balaban J connectivity index is 1.99. The molecule has 2 aromatic rings. The molecule has 0 fully saturated rings. The van der Waals surface area contributed by atoms with E-state index < -0.39 is 0 Å². The van der Waals surface area contributed by atoms with Gasteiger partial charge in [-0.15, -0.1) is 18.2 Å². The van der Waals surface area contributed by atoms with Gasteiger partial charge in [0, 0.05) is 5.56 Å². The minimum atomic E-state index is -0.318. The number of halogens is 1. The van der Waals surface area contributed by atoms with Crippen LogP contribution < -0.4 is 5.32 Å². The summed E-state index contributed by atoms with van der Waals surface area (Å²) in [6, 6.07) is 4.77. The van der Waals surface area contributed by atoms with Crippen LogP contribution in [0.25, 0.3) is 11.4 Å². The van der Waals surface area contributed by atoms with Crippen molar-refractivity contribution in [1.29, 1.82) is 0 Å². The molecule has 0 saturated carbocycles. The Hall–Kier alpha value is -2.33. The first-order chi connectivity index (χ1) is 11.0. The molecule has 1 atom stereocenters. The van der Waals surface area contributed by atoms with E-state index in [0.29, 0.717) is 22.8 Å². The summed E-state index contributed by atoms with van der Waals surface area (Å²) >= 11 is 1.35. The number of hydrogen-bond acceptors (Lipinski definition) is 5. The summed E-state index contributed by atoms with van der Waals surface area (Å²) < 4.78 is 18.8. The molecule has 0 unspecified atom stereocenters. The molecule has 1 heterocycles. The topological polar surface area (TPSA) is 68.0 Å². The molecule has 1 aromatic carbocycles. The first kappa shape index (κ1) is 17.0. The lowest BCUT2D eigenvalue weighted by atomic mass is 10.1. The van der Waals surface area contributed by atoms with Crippen LogP contribution in [0.3, 0.4) is 0 Å². The van der Waals surface area contributed by atoms with Crippen LogP contribution >= 0.6 is 11.8 Å².